The molecule has 2 aromatic rings. The summed E-state index contributed by atoms with van der Waals surface area (Å²) in [6, 6.07) is 14.9. The third kappa shape index (κ3) is 4.39. The van der Waals surface area contributed by atoms with Crippen molar-refractivity contribution in [3.63, 3.8) is 0 Å². The van der Waals surface area contributed by atoms with Gasteiger partial charge in [0.15, 0.2) is 0 Å². The number of hydrogen-bond donors (Lipinski definition) is 1. The van der Waals surface area contributed by atoms with Crippen molar-refractivity contribution >= 4 is 17.4 Å². The third-order valence-electron chi connectivity index (χ3n) is 3.52. The van der Waals surface area contributed by atoms with Gasteiger partial charge < -0.3 is 15.4 Å². The van der Waals surface area contributed by atoms with Crippen LogP contribution < -0.4 is 20.3 Å². The van der Waals surface area contributed by atoms with E-state index in [4.69, 9.17) is 10.5 Å². The first-order chi connectivity index (χ1) is 11.0. The first kappa shape index (κ1) is 16.7. The highest BCUT2D eigenvalue weighted by molar-refractivity contribution is 5.90. The molecule has 0 aromatic heterocycles. The number of hydrogen-bond acceptors (Lipinski definition) is 3. The number of urea groups is 1. The van der Waals surface area contributed by atoms with Gasteiger partial charge in [-0.05, 0) is 48.9 Å². The maximum atomic E-state index is 11.8. The molecular formula is C18H23N3O2. The summed E-state index contributed by atoms with van der Waals surface area (Å²) < 4.78 is 5.42. The summed E-state index contributed by atoms with van der Waals surface area (Å²) in [7, 11) is 3.98. The Kier molecular flexibility index (Phi) is 5.46. The van der Waals surface area contributed by atoms with E-state index in [1.165, 1.54) is 0 Å². The molecule has 2 rings (SSSR count). The molecule has 0 aliphatic heterocycles. The van der Waals surface area contributed by atoms with Crippen molar-refractivity contribution in [1.29, 1.82) is 0 Å². The molecule has 0 aliphatic carbocycles. The minimum Gasteiger partial charge on any atom is -0.494 e. The first-order valence-electron chi connectivity index (χ1n) is 7.57. The smallest absolute Gasteiger partial charge is 0.319 e. The number of rotatable bonds is 6. The van der Waals surface area contributed by atoms with Gasteiger partial charge in [0.1, 0.15) is 5.75 Å². The molecule has 5 heteroatoms. The average molecular weight is 313 g/mol. The molecule has 122 valence electrons. The summed E-state index contributed by atoms with van der Waals surface area (Å²) in [4.78, 5) is 15.4. The van der Waals surface area contributed by atoms with Gasteiger partial charge in [-0.1, -0.05) is 12.1 Å². The summed E-state index contributed by atoms with van der Waals surface area (Å²) in [6.45, 7) is 2.97. The molecule has 0 atom stereocenters. The maximum absolute atomic E-state index is 11.8. The quantitative estimate of drug-likeness (QED) is 0.890. The summed E-state index contributed by atoms with van der Waals surface area (Å²) in [5.74, 6) is 0.774. The van der Waals surface area contributed by atoms with E-state index in [2.05, 4.69) is 0 Å². The van der Waals surface area contributed by atoms with E-state index >= 15 is 0 Å². The molecule has 0 unspecified atom stereocenters. The topological polar surface area (TPSA) is 58.8 Å². The van der Waals surface area contributed by atoms with Crippen LogP contribution >= 0.6 is 0 Å². The monoisotopic (exact) mass is 313 g/mol. The molecular weight excluding hydrogens is 290 g/mol. The molecule has 0 saturated carbocycles. The standard InChI is InChI=1S/C18H23N3O2/c1-4-23-17-11-9-16(10-12-17)21(18(19)22)13-14-5-7-15(8-6-14)20(2)3/h5-12H,4,13H2,1-3H3,(H2,19,22). The highest BCUT2D eigenvalue weighted by atomic mass is 16.5. The summed E-state index contributed by atoms with van der Waals surface area (Å²) in [5, 5.41) is 0. The maximum Gasteiger partial charge on any atom is 0.319 e. The predicted molar refractivity (Wildman–Crippen MR) is 94.1 cm³/mol. The fraction of sp³-hybridized carbons (Fsp3) is 0.278. The van der Waals surface area contributed by atoms with Crippen LogP contribution in [-0.2, 0) is 6.54 Å². The lowest BCUT2D eigenvalue weighted by molar-refractivity contribution is 0.253. The van der Waals surface area contributed by atoms with Crippen molar-refractivity contribution in [2.75, 3.05) is 30.5 Å². The van der Waals surface area contributed by atoms with E-state index < -0.39 is 6.03 Å². The number of nitrogens with two attached hydrogens (primary N) is 1. The number of carbonyl (C=O) groups excluding carboxylic acids is 1. The van der Waals surface area contributed by atoms with Gasteiger partial charge >= 0.3 is 6.03 Å². The Morgan fingerprint density at radius 1 is 1.00 bits per heavy atom. The van der Waals surface area contributed by atoms with E-state index in [1.807, 2.05) is 74.4 Å². The third-order valence-corrected chi connectivity index (χ3v) is 3.52. The summed E-state index contributed by atoms with van der Waals surface area (Å²) in [6.07, 6.45) is 0. The Morgan fingerprint density at radius 2 is 1.57 bits per heavy atom. The van der Waals surface area contributed by atoms with Gasteiger partial charge in [-0.25, -0.2) is 4.79 Å². The fourth-order valence-electron chi connectivity index (χ4n) is 2.27. The second-order valence-corrected chi connectivity index (χ2v) is 5.41. The molecule has 0 heterocycles. The highest BCUT2D eigenvalue weighted by Crippen LogP contribution is 2.22. The van der Waals surface area contributed by atoms with Crippen LogP contribution in [0, 0.1) is 0 Å². The van der Waals surface area contributed by atoms with E-state index in [1.54, 1.807) is 4.90 Å². The Labute approximate surface area is 137 Å². The van der Waals surface area contributed by atoms with Gasteiger partial charge in [-0.3, -0.25) is 4.90 Å². The van der Waals surface area contributed by atoms with Crippen molar-refractivity contribution in [3.8, 4) is 5.75 Å². The Morgan fingerprint density at radius 3 is 2.04 bits per heavy atom. The van der Waals surface area contributed by atoms with E-state index in [0.717, 1.165) is 22.7 Å². The van der Waals surface area contributed by atoms with Gasteiger partial charge in [0.05, 0.1) is 13.2 Å². The molecule has 0 radical (unpaired) electrons. The van der Waals surface area contributed by atoms with Crippen LogP contribution in [-0.4, -0.2) is 26.7 Å². The van der Waals surface area contributed by atoms with Crippen LogP contribution in [0.1, 0.15) is 12.5 Å². The Balaban J connectivity index is 2.16. The van der Waals surface area contributed by atoms with Crippen LogP contribution in [0.2, 0.25) is 0 Å². The average Bonchev–Trinajstić information content (AvgIpc) is 2.54. The molecule has 0 fully saturated rings. The van der Waals surface area contributed by atoms with Crippen LogP contribution in [0.5, 0.6) is 5.75 Å². The fourth-order valence-corrected chi connectivity index (χ4v) is 2.27. The van der Waals surface area contributed by atoms with Crippen molar-refractivity contribution < 1.29 is 9.53 Å². The van der Waals surface area contributed by atoms with E-state index in [9.17, 15) is 4.79 Å². The molecule has 2 aromatic carbocycles. The van der Waals surface area contributed by atoms with Gasteiger partial charge in [0, 0.05) is 25.5 Å². The lowest BCUT2D eigenvalue weighted by Crippen LogP contribution is -2.35. The molecule has 0 bridgehead atoms. The number of amides is 2. The number of carbonyl (C=O) groups is 1. The lowest BCUT2D eigenvalue weighted by atomic mass is 10.1. The largest absolute Gasteiger partial charge is 0.494 e. The van der Waals surface area contributed by atoms with E-state index in [-0.39, 0.29) is 0 Å². The zero-order chi connectivity index (χ0) is 16.8. The van der Waals surface area contributed by atoms with Crippen molar-refractivity contribution in [2.45, 2.75) is 13.5 Å². The molecule has 5 nitrogen and oxygen atoms in total. The SMILES string of the molecule is CCOc1ccc(N(Cc2ccc(N(C)C)cc2)C(N)=O)cc1. The zero-order valence-corrected chi connectivity index (χ0v) is 13.8. The minimum atomic E-state index is -0.481. The second-order valence-electron chi connectivity index (χ2n) is 5.41. The van der Waals surface area contributed by atoms with Crippen molar-refractivity contribution in [2.24, 2.45) is 5.73 Å². The predicted octanol–water partition coefficient (Wildman–Crippen LogP) is 3.24. The van der Waals surface area contributed by atoms with Crippen molar-refractivity contribution in [3.05, 3.63) is 54.1 Å². The summed E-state index contributed by atoms with van der Waals surface area (Å²) in [5.41, 5.74) is 8.42. The number of nitrogens with zero attached hydrogens (tertiary/aromatic N) is 2. The zero-order valence-electron chi connectivity index (χ0n) is 13.8. The van der Waals surface area contributed by atoms with Crippen LogP contribution in [0.25, 0.3) is 0 Å². The number of benzene rings is 2. The van der Waals surface area contributed by atoms with Gasteiger partial charge in [-0.15, -0.1) is 0 Å². The number of ether oxygens (including phenoxy) is 1. The Bertz CT molecular complexity index is 636. The Hall–Kier alpha value is -2.69. The number of anilines is 2. The van der Waals surface area contributed by atoms with Crippen LogP contribution in [0.3, 0.4) is 0 Å². The summed E-state index contributed by atoms with van der Waals surface area (Å²) >= 11 is 0. The molecule has 2 amide bonds. The lowest BCUT2D eigenvalue weighted by Gasteiger charge is -2.21. The molecule has 23 heavy (non-hydrogen) atoms. The van der Waals surface area contributed by atoms with E-state index in [0.29, 0.717) is 13.2 Å². The van der Waals surface area contributed by atoms with Crippen LogP contribution in [0.4, 0.5) is 16.2 Å². The normalized spacial score (nSPS) is 10.2. The molecule has 0 aliphatic rings. The number of primary amides is 1. The minimum absolute atomic E-state index is 0.428. The molecule has 2 N–H and O–H groups in total. The van der Waals surface area contributed by atoms with Gasteiger partial charge in [0.2, 0.25) is 0 Å². The molecule has 0 saturated heterocycles. The molecule has 0 spiro atoms. The van der Waals surface area contributed by atoms with Crippen molar-refractivity contribution in [1.82, 2.24) is 0 Å². The first-order valence-corrected chi connectivity index (χ1v) is 7.57. The van der Waals surface area contributed by atoms with Gasteiger partial charge in [-0.2, -0.15) is 0 Å². The second kappa shape index (κ2) is 7.54. The van der Waals surface area contributed by atoms with Crippen LogP contribution in [0.15, 0.2) is 48.5 Å². The van der Waals surface area contributed by atoms with Gasteiger partial charge in [0.25, 0.3) is 0 Å². The highest BCUT2D eigenvalue weighted by Gasteiger charge is 2.13.